The monoisotopic (exact) mass is 497 g/mol. The van der Waals surface area contributed by atoms with E-state index >= 15 is 0 Å². The maximum atomic E-state index is 13.0. The van der Waals surface area contributed by atoms with E-state index in [4.69, 9.17) is 16.7 Å². The van der Waals surface area contributed by atoms with Gasteiger partial charge in [-0.15, -0.1) is 0 Å². The van der Waals surface area contributed by atoms with Gasteiger partial charge in [-0.2, -0.15) is 5.10 Å². The predicted molar refractivity (Wildman–Crippen MR) is 140 cm³/mol. The Balaban J connectivity index is 1.29. The second-order valence-corrected chi connectivity index (χ2v) is 8.85. The van der Waals surface area contributed by atoms with Crippen molar-refractivity contribution in [1.29, 1.82) is 0 Å². The van der Waals surface area contributed by atoms with Crippen LogP contribution in [0.25, 0.3) is 23.0 Å². The maximum Gasteiger partial charge on any atom is 0.253 e. The first-order valence-corrected chi connectivity index (χ1v) is 12.0. The Hall–Kier alpha value is -4.23. The Bertz CT molecular complexity index is 1380. The van der Waals surface area contributed by atoms with Crippen molar-refractivity contribution in [1.82, 2.24) is 24.6 Å². The van der Waals surface area contributed by atoms with Crippen LogP contribution in [0.4, 0.5) is 0 Å². The molecular formula is C28H24ClN5O2. The number of amides is 2. The fourth-order valence-corrected chi connectivity index (χ4v) is 4.25. The lowest BCUT2D eigenvalue weighted by atomic mass is 10.1. The predicted octanol–water partition coefficient (Wildman–Crippen LogP) is 4.59. The summed E-state index contributed by atoms with van der Waals surface area (Å²) < 4.78 is 1.80. The van der Waals surface area contributed by atoms with Crippen LogP contribution in [0.3, 0.4) is 0 Å². The molecule has 1 aliphatic rings. The minimum atomic E-state index is -0.0989. The van der Waals surface area contributed by atoms with Crippen molar-refractivity contribution in [3.63, 3.8) is 0 Å². The topological polar surface area (TPSA) is 71.3 Å². The third-order valence-electron chi connectivity index (χ3n) is 6.07. The molecule has 4 aromatic rings. The molecule has 7 nitrogen and oxygen atoms in total. The van der Waals surface area contributed by atoms with Crippen LogP contribution in [-0.2, 0) is 4.79 Å². The number of carbonyl (C=O) groups is 2. The molecule has 0 radical (unpaired) electrons. The summed E-state index contributed by atoms with van der Waals surface area (Å²) in [6, 6.07) is 20.5. The standard InChI is InChI=1S/C28H24ClN5O2/c29-24-11-8-21(9-12-24)28(36)33-17-15-32(16-18-33)26(35)13-10-23-20-34(25-6-2-1-3-7-25)31-27(23)22-5-4-14-30-19-22/h1-14,19-20H,15-18H2/b13-10+. The van der Waals surface area contributed by atoms with Crippen molar-refractivity contribution in [3.05, 3.63) is 108 Å². The molecule has 8 heteroatoms. The molecule has 0 unspecified atom stereocenters. The van der Waals surface area contributed by atoms with Crippen LogP contribution < -0.4 is 0 Å². The summed E-state index contributed by atoms with van der Waals surface area (Å²) in [4.78, 5) is 33.4. The van der Waals surface area contributed by atoms with E-state index in [0.29, 0.717) is 36.8 Å². The number of aromatic nitrogens is 3. The molecule has 0 N–H and O–H groups in total. The zero-order chi connectivity index (χ0) is 24.9. The molecule has 2 aromatic heterocycles. The Labute approximate surface area is 214 Å². The summed E-state index contributed by atoms with van der Waals surface area (Å²) >= 11 is 5.92. The number of pyridine rings is 1. The van der Waals surface area contributed by atoms with Crippen LogP contribution in [0.5, 0.6) is 0 Å². The first-order valence-electron chi connectivity index (χ1n) is 11.7. The van der Waals surface area contributed by atoms with E-state index in [0.717, 1.165) is 22.5 Å². The minimum absolute atomic E-state index is 0.0521. The van der Waals surface area contributed by atoms with Gasteiger partial charge >= 0.3 is 0 Å². The third kappa shape index (κ3) is 5.21. The zero-order valence-corrected chi connectivity index (χ0v) is 20.3. The number of hydrogen-bond donors (Lipinski definition) is 0. The number of rotatable bonds is 5. The Morgan fingerprint density at radius 3 is 2.28 bits per heavy atom. The average Bonchev–Trinajstić information content (AvgIpc) is 3.37. The second-order valence-electron chi connectivity index (χ2n) is 8.41. The first-order chi connectivity index (χ1) is 17.6. The lowest BCUT2D eigenvalue weighted by Gasteiger charge is -2.34. The van der Waals surface area contributed by atoms with Crippen LogP contribution in [0.2, 0.25) is 5.02 Å². The van der Waals surface area contributed by atoms with Gasteiger partial charge in [-0.25, -0.2) is 4.68 Å². The fourth-order valence-electron chi connectivity index (χ4n) is 4.12. The van der Waals surface area contributed by atoms with Gasteiger partial charge in [-0.3, -0.25) is 14.6 Å². The van der Waals surface area contributed by atoms with Gasteiger partial charge in [-0.05, 0) is 54.6 Å². The summed E-state index contributed by atoms with van der Waals surface area (Å²) in [6.07, 6.45) is 8.75. The zero-order valence-electron chi connectivity index (χ0n) is 19.5. The van der Waals surface area contributed by atoms with E-state index in [-0.39, 0.29) is 11.8 Å². The Morgan fingerprint density at radius 1 is 0.861 bits per heavy atom. The van der Waals surface area contributed by atoms with Crippen molar-refractivity contribution < 1.29 is 9.59 Å². The molecule has 1 saturated heterocycles. The molecule has 0 spiro atoms. The van der Waals surface area contributed by atoms with E-state index in [9.17, 15) is 9.59 Å². The van der Waals surface area contributed by atoms with Gasteiger partial charge in [0.1, 0.15) is 5.69 Å². The fraction of sp³-hybridized carbons (Fsp3) is 0.143. The Kier molecular flexibility index (Phi) is 6.91. The number of nitrogens with zero attached hydrogens (tertiary/aromatic N) is 5. The van der Waals surface area contributed by atoms with Crippen LogP contribution in [0.1, 0.15) is 15.9 Å². The van der Waals surface area contributed by atoms with Gasteiger partial charge in [0.05, 0.1) is 5.69 Å². The minimum Gasteiger partial charge on any atom is -0.336 e. The summed E-state index contributed by atoms with van der Waals surface area (Å²) in [5, 5.41) is 5.35. The van der Waals surface area contributed by atoms with Crippen LogP contribution in [0, 0.1) is 0 Å². The number of halogens is 1. The van der Waals surface area contributed by atoms with Crippen LogP contribution in [0.15, 0.2) is 91.4 Å². The highest BCUT2D eigenvalue weighted by molar-refractivity contribution is 6.30. The van der Waals surface area contributed by atoms with E-state index < -0.39 is 0 Å². The molecule has 0 saturated carbocycles. The number of piperazine rings is 1. The van der Waals surface area contributed by atoms with Crippen LogP contribution in [-0.4, -0.2) is 62.6 Å². The average molecular weight is 498 g/mol. The lowest BCUT2D eigenvalue weighted by molar-refractivity contribution is -0.127. The van der Waals surface area contributed by atoms with E-state index in [2.05, 4.69) is 4.98 Å². The van der Waals surface area contributed by atoms with Crippen molar-refractivity contribution >= 4 is 29.5 Å². The van der Waals surface area contributed by atoms with Crippen molar-refractivity contribution in [2.75, 3.05) is 26.2 Å². The van der Waals surface area contributed by atoms with E-state index in [1.807, 2.05) is 48.7 Å². The molecular weight excluding hydrogens is 474 g/mol. The van der Waals surface area contributed by atoms with E-state index in [1.54, 1.807) is 63.3 Å². The molecule has 1 aliphatic heterocycles. The van der Waals surface area contributed by atoms with Gasteiger partial charge in [0.15, 0.2) is 0 Å². The quantitative estimate of drug-likeness (QED) is 0.378. The van der Waals surface area contributed by atoms with Gasteiger partial charge in [-0.1, -0.05) is 29.8 Å². The summed E-state index contributed by atoms with van der Waals surface area (Å²) in [5.74, 6) is -0.151. The molecule has 36 heavy (non-hydrogen) atoms. The summed E-state index contributed by atoms with van der Waals surface area (Å²) in [7, 11) is 0. The highest BCUT2D eigenvalue weighted by Gasteiger charge is 2.24. The SMILES string of the molecule is O=C(/C=C/c1cn(-c2ccccc2)nc1-c1cccnc1)N1CCN(C(=O)c2ccc(Cl)cc2)CC1. The normalized spacial score (nSPS) is 13.8. The molecule has 3 heterocycles. The molecule has 0 bridgehead atoms. The maximum absolute atomic E-state index is 13.0. The van der Waals surface area contributed by atoms with Crippen molar-refractivity contribution in [3.8, 4) is 16.9 Å². The van der Waals surface area contributed by atoms with Crippen LogP contribution >= 0.6 is 11.6 Å². The van der Waals surface area contributed by atoms with Crippen molar-refractivity contribution in [2.24, 2.45) is 0 Å². The molecule has 0 aliphatic carbocycles. The Morgan fingerprint density at radius 2 is 1.58 bits per heavy atom. The number of benzene rings is 2. The highest BCUT2D eigenvalue weighted by atomic mass is 35.5. The number of hydrogen-bond acceptors (Lipinski definition) is 4. The molecule has 2 amide bonds. The lowest BCUT2D eigenvalue weighted by Crippen LogP contribution is -2.50. The molecule has 1 fully saturated rings. The summed E-state index contributed by atoms with van der Waals surface area (Å²) in [6.45, 7) is 1.91. The van der Waals surface area contributed by atoms with Gasteiger partial charge in [0.25, 0.3) is 5.91 Å². The number of carbonyl (C=O) groups excluding carboxylic acids is 2. The van der Waals surface area contributed by atoms with Gasteiger partial charge in [0.2, 0.25) is 5.91 Å². The van der Waals surface area contributed by atoms with Gasteiger partial charge < -0.3 is 9.80 Å². The van der Waals surface area contributed by atoms with Crippen molar-refractivity contribution in [2.45, 2.75) is 0 Å². The molecule has 180 valence electrons. The second kappa shape index (κ2) is 10.6. The molecule has 0 atom stereocenters. The molecule has 5 rings (SSSR count). The third-order valence-corrected chi connectivity index (χ3v) is 6.33. The van der Waals surface area contributed by atoms with Gasteiger partial charge in [0, 0.05) is 72.6 Å². The van der Waals surface area contributed by atoms with E-state index in [1.165, 1.54) is 0 Å². The largest absolute Gasteiger partial charge is 0.336 e. The summed E-state index contributed by atoms with van der Waals surface area (Å²) in [5.41, 5.74) is 3.95. The number of para-hydroxylation sites is 1. The smallest absolute Gasteiger partial charge is 0.253 e. The highest BCUT2D eigenvalue weighted by Crippen LogP contribution is 2.24. The first kappa shape index (κ1) is 23.5. The molecule has 2 aromatic carbocycles.